The van der Waals surface area contributed by atoms with Crippen molar-refractivity contribution >= 4 is 11.9 Å². The number of benzene rings is 1. The van der Waals surface area contributed by atoms with Crippen LogP contribution < -0.4 is 5.73 Å². The third kappa shape index (κ3) is 3.82. The topological polar surface area (TPSA) is 83.6 Å². The Bertz CT molecular complexity index is 504. The van der Waals surface area contributed by atoms with Crippen molar-refractivity contribution in [2.75, 3.05) is 13.1 Å². The Hall–Kier alpha value is -1.88. The van der Waals surface area contributed by atoms with E-state index in [0.29, 0.717) is 13.0 Å². The first-order chi connectivity index (χ1) is 9.99. The maximum absolute atomic E-state index is 12.3. The standard InChI is InChI=1S/C16H22N2O3/c1-11-9-18(10-13(11)16(20)21)15(19)14(17)8-7-12-5-3-2-4-6-12/h2-6,11,13-14H,7-10,17H2,1H3,(H,20,21)/t11-,13-,14?/m1/s1. The van der Waals surface area contributed by atoms with Crippen LogP contribution in [0.5, 0.6) is 0 Å². The van der Waals surface area contributed by atoms with Crippen LogP contribution in [0.2, 0.25) is 0 Å². The van der Waals surface area contributed by atoms with Crippen LogP contribution >= 0.6 is 0 Å². The number of aliphatic carboxylic acids is 1. The van der Waals surface area contributed by atoms with Gasteiger partial charge in [-0.15, -0.1) is 0 Å². The molecule has 3 atom stereocenters. The van der Waals surface area contributed by atoms with Crippen molar-refractivity contribution in [2.45, 2.75) is 25.8 Å². The van der Waals surface area contributed by atoms with Crippen LogP contribution in [0.1, 0.15) is 18.9 Å². The first-order valence-corrected chi connectivity index (χ1v) is 7.30. The van der Waals surface area contributed by atoms with Crippen molar-refractivity contribution < 1.29 is 14.7 Å². The summed E-state index contributed by atoms with van der Waals surface area (Å²) in [5, 5.41) is 9.10. The Morgan fingerprint density at radius 2 is 2.00 bits per heavy atom. The highest BCUT2D eigenvalue weighted by Crippen LogP contribution is 2.23. The molecule has 21 heavy (non-hydrogen) atoms. The summed E-state index contributed by atoms with van der Waals surface area (Å²) in [7, 11) is 0. The minimum atomic E-state index is -0.837. The van der Waals surface area contributed by atoms with Gasteiger partial charge >= 0.3 is 5.97 Å². The van der Waals surface area contributed by atoms with Crippen molar-refractivity contribution in [3.63, 3.8) is 0 Å². The summed E-state index contributed by atoms with van der Waals surface area (Å²) in [4.78, 5) is 25.0. The average molecular weight is 290 g/mol. The molecule has 1 aromatic rings. The van der Waals surface area contributed by atoms with Crippen LogP contribution in [0.3, 0.4) is 0 Å². The molecule has 1 saturated heterocycles. The zero-order chi connectivity index (χ0) is 15.4. The van der Waals surface area contributed by atoms with Gasteiger partial charge in [0.2, 0.25) is 5.91 Å². The van der Waals surface area contributed by atoms with Gasteiger partial charge in [-0.1, -0.05) is 37.3 Å². The first-order valence-electron chi connectivity index (χ1n) is 7.30. The van der Waals surface area contributed by atoms with E-state index in [2.05, 4.69) is 0 Å². The smallest absolute Gasteiger partial charge is 0.308 e. The quantitative estimate of drug-likeness (QED) is 0.851. The number of aryl methyl sites for hydroxylation is 1. The summed E-state index contributed by atoms with van der Waals surface area (Å²) >= 11 is 0. The van der Waals surface area contributed by atoms with Gasteiger partial charge in [0.25, 0.3) is 0 Å². The number of amides is 1. The normalized spacial score (nSPS) is 23.0. The Labute approximate surface area is 124 Å². The SMILES string of the molecule is C[C@@H]1CN(C(=O)C(N)CCc2ccccc2)C[C@H]1C(=O)O. The minimum absolute atomic E-state index is 0.0206. The molecule has 2 rings (SSSR count). The van der Waals surface area contributed by atoms with Crippen molar-refractivity contribution in [1.29, 1.82) is 0 Å². The van der Waals surface area contributed by atoms with E-state index in [0.717, 1.165) is 12.0 Å². The van der Waals surface area contributed by atoms with E-state index in [1.807, 2.05) is 37.3 Å². The maximum Gasteiger partial charge on any atom is 0.308 e. The zero-order valence-electron chi connectivity index (χ0n) is 12.2. The fourth-order valence-corrected chi connectivity index (χ4v) is 2.79. The van der Waals surface area contributed by atoms with Crippen LogP contribution in [0.15, 0.2) is 30.3 Å². The summed E-state index contributed by atoms with van der Waals surface area (Å²) in [5.74, 6) is -1.47. The van der Waals surface area contributed by atoms with Crippen LogP contribution in [-0.2, 0) is 16.0 Å². The lowest BCUT2D eigenvalue weighted by Gasteiger charge is -2.20. The predicted molar refractivity (Wildman–Crippen MR) is 79.6 cm³/mol. The molecule has 0 bridgehead atoms. The molecular weight excluding hydrogens is 268 g/mol. The van der Waals surface area contributed by atoms with E-state index in [-0.39, 0.29) is 18.4 Å². The predicted octanol–water partition coefficient (Wildman–Crippen LogP) is 1.13. The number of carbonyl (C=O) groups is 2. The molecule has 114 valence electrons. The molecule has 1 aliphatic heterocycles. The third-order valence-electron chi connectivity index (χ3n) is 4.15. The molecule has 0 saturated carbocycles. The van der Waals surface area contributed by atoms with Crippen LogP contribution in [0.4, 0.5) is 0 Å². The van der Waals surface area contributed by atoms with Gasteiger partial charge in [0.05, 0.1) is 12.0 Å². The largest absolute Gasteiger partial charge is 0.481 e. The number of rotatable bonds is 5. The minimum Gasteiger partial charge on any atom is -0.481 e. The number of likely N-dealkylation sites (tertiary alicyclic amines) is 1. The molecule has 0 aromatic heterocycles. The number of nitrogens with zero attached hydrogens (tertiary/aromatic N) is 1. The van der Waals surface area contributed by atoms with Gasteiger partial charge < -0.3 is 15.7 Å². The number of carboxylic acids is 1. The van der Waals surface area contributed by atoms with E-state index >= 15 is 0 Å². The van der Waals surface area contributed by atoms with Crippen molar-refractivity contribution in [3.8, 4) is 0 Å². The molecule has 1 aromatic carbocycles. The van der Waals surface area contributed by atoms with E-state index in [1.54, 1.807) is 4.90 Å². The molecule has 1 amide bonds. The van der Waals surface area contributed by atoms with Gasteiger partial charge in [0.15, 0.2) is 0 Å². The first kappa shape index (κ1) is 15.5. The van der Waals surface area contributed by atoms with E-state index < -0.39 is 17.9 Å². The molecule has 3 N–H and O–H groups in total. The van der Waals surface area contributed by atoms with Gasteiger partial charge in [-0.2, -0.15) is 0 Å². The highest BCUT2D eigenvalue weighted by molar-refractivity contribution is 5.83. The monoisotopic (exact) mass is 290 g/mol. The highest BCUT2D eigenvalue weighted by atomic mass is 16.4. The second-order valence-corrected chi connectivity index (χ2v) is 5.80. The van der Waals surface area contributed by atoms with E-state index in [4.69, 9.17) is 10.8 Å². The zero-order valence-corrected chi connectivity index (χ0v) is 12.2. The van der Waals surface area contributed by atoms with Gasteiger partial charge in [0, 0.05) is 13.1 Å². The molecule has 0 radical (unpaired) electrons. The second-order valence-electron chi connectivity index (χ2n) is 5.80. The number of hydrogen-bond acceptors (Lipinski definition) is 3. The Balaban J connectivity index is 1.87. The summed E-state index contributed by atoms with van der Waals surface area (Å²) in [6.45, 7) is 2.62. The number of carbonyl (C=O) groups excluding carboxylic acids is 1. The average Bonchev–Trinajstić information content (AvgIpc) is 2.87. The van der Waals surface area contributed by atoms with Crippen molar-refractivity contribution in [1.82, 2.24) is 4.90 Å². The van der Waals surface area contributed by atoms with E-state index in [9.17, 15) is 9.59 Å². The van der Waals surface area contributed by atoms with Gasteiger partial charge in [-0.3, -0.25) is 9.59 Å². The lowest BCUT2D eigenvalue weighted by molar-refractivity contribution is -0.142. The Morgan fingerprint density at radius 3 is 2.57 bits per heavy atom. The third-order valence-corrected chi connectivity index (χ3v) is 4.15. The molecule has 5 nitrogen and oxygen atoms in total. The summed E-state index contributed by atoms with van der Waals surface area (Å²) in [6.07, 6.45) is 1.32. The molecule has 1 aliphatic rings. The number of hydrogen-bond donors (Lipinski definition) is 2. The highest BCUT2D eigenvalue weighted by Gasteiger charge is 2.38. The summed E-state index contributed by atoms with van der Waals surface area (Å²) < 4.78 is 0. The fourth-order valence-electron chi connectivity index (χ4n) is 2.79. The van der Waals surface area contributed by atoms with Crippen molar-refractivity contribution in [2.24, 2.45) is 17.6 Å². The van der Waals surface area contributed by atoms with Gasteiger partial charge in [-0.25, -0.2) is 0 Å². The van der Waals surface area contributed by atoms with Crippen LogP contribution in [-0.4, -0.2) is 41.0 Å². The molecule has 0 aliphatic carbocycles. The molecular formula is C16H22N2O3. The summed E-state index contributed by atoms with van der Waals surface area (Å²) in [5.41, 5.74) is 7.13. The van der Waals surface area contributed by atoms with Crippen molar-refractivity contribution in [3.05, 3.63) is 35.9 Å². The Kier molecular flexibility index (Phi) is 4.96. The molecule has 1 fully saturated rings. The lowest BCUT2D eigenvalue weighted by atomic mass is 9.99. The number of carboxylic acid groups (broad SMARTS) is 1. The second kappa shape index (κ2) is 6.72. The molecule has 1 unspecified atom stereocenters. The lowest BCUT2D eigenvalue weighted by Crippen LogP contribution is -2.43. The van der Waals surface area contributed by atoms with Crippen LogP contribution in [0, 0.1) is 11.8 Å². The van der Waals surface area contributed by atoms with Crippen LogP contribution in [0.25, 0.3) is 0 Å². The maximum atomic E-state index is 12.3. The molecule has 5 heteroatoms. The van der Waals surface area contributed by atoms with Gasteiger partial charge in [0.1, 0.15) is 0 Å². The Morgan fingerprint density at radius 1 is 1.33 bits per heavy atom. The fraction of sp³-hybridized carbons (Fsp3) is 0.500. The number of nitrogens with two attached hydrogens (primary N) is 1. The molecule has 0 spiro atoms. The summed E-state index contributed by atoms with van der Waals surface area (Å²) in [6, 6.07) is 9.33. The van der Waals surface area contributed by atoms with Gasteiger partial charge in [-0.05, 0) is 24.3 Å². The van der Waals surface area contributed by atoms with E-state index in [1.165, 1.54) is 0 Å². The molecule has 1 heterocycles.